The zero-order valence-electron chi connectivity index (χ0n) is 16.4. The second kappa shape index (κ2) is 6.59. The standard InChI is InChI=1S/C21H30N2O3S/c1-14(21-11-15-8-16(12-21)10-17(9-15)13-21)22-20(24)18-4-6-19(7-5-18)27(25,26)23(2)3/h4-7,14-17H,8-13H2,1-3H3,(H,22,24)/t14-,15?,16?,17?,21?/m1/s1. The van der Waals surface area contributed by atoms with Crippen LogP contribution in [0, 0.1) is 23.2 Å². The number of carbonyl (C=O) groups excluding carboxylic acids is 1. The fourth-order valence-corrected chi connectivity index (χ4v) is 7.03. The first-order chi connectivity index (χ1) is 12.7. The third-order valence-corrected chi connectivity index (χ3v) is 9.08. The highest BCUT2D eigenvalue weighted by atomic mass is 32.2. The van der Waals surface area contributed by atoms with Crippen LogP contribution in [0.15, 0.2) is 29.2 Å². The van der Waals surface area contributed by atoms with Crippen LogP contribution in [0.4, 0.5) is 0 Å². The third-order valence-electron chi connectivity index (χ3n) is 7.25. The van der Waals surface area contributed by atoms with Crippen LogP contribution < -0.4 is 5.32 Å². The maximum absolute atomic E-state index is 12.8. The average molecular weight is 391 g/mol. The molecule has 1 amide bonds. The molecule has 6 heteroatoms. The lowest BCUT2D eigenvalue weighted by Crippen LogP contribution is -2.55. The maximum atomic E-state index is 12.8. The van der Waals surface area contributed by atoms with Gasteiger partial charge < -0.3 is 5.32 Å². The summed E-state index contributed by atoms with van der Waals surface area (Å²) >= 11 is 0. The highest BCUT2D eigenvalue weighted by Crippen LogP contribution is 2.61. The summed E-state index contributed by atoms with van der Waals surface area (Å²) < 4.78 is 25.5. The monoisotopic (exact) mass is 390 g/mol. The molecular formula is C21H30N2O3S. The predicted molar refractivity (Wildman–Crippen MR) is 105 cm³/mol. The van der Waals surface area contributed by atoms with E-state index in [1.807, 2.05) is 0 Å². The molecule has 148 valence electrons. The van der Waals surface area contributed by atoms with Gasteiger partial charge in [-0.1, -0.05) is 0 Å². The van der Waals surface area contributed by atoms with Crippen molar-refractivity contribution in [2.45, 2.75) is 56.4 Å². The van der Waals surface area contributed by atoms with Gasteiger partial charge in [0, 0.05) is 25.7 Å². The Hall–Kier alpha value is -1.40. The van der Waals surface area contributed by atoms with Crippen molar-refractivity contribution in [2.24, 2.45) is 23.2 Å². The van der Waals surface area contributed by atoms with Crippen LogP contribution in [0.2, 0.25) is 0 Å². The summed E-state index contributed by atoms with van der Waals surface area (Å²) in [5.74, 6) is 2.45. The summed E-state index contributed by atoms with van der Waals surface area (Å²) in [6.07, 6.45) is 7.92. The van der Waals surface area contributed by atoms with Crippen LogP contribution in [0.1, 0.15) is 55.8 Å². The first-order valence-electron chi connectivity index (χ1n) is 10.0. The lowest BCUT2D eigenvalue weighted by atomic mass is 9.48. The van der Waals surface area contributed by atoms with Gasteiger partial charge in [0.2, 0.25) is 10.0 Å². The van der Waals surface area contributed by atoms with E-state index in [-0.39, 0.29) is 22.3 Å². The van der Waals surface area contributed by atoms with Crippen molar-refractivity contribution in [3.63, 3.8) is 0 Å². The van der Waals surface area contributed by atoms with E-state index in [2.05, 4.69) is 12.2 Å². The van der Waals surface area contributed by atoms with Crippen molar-refractivity contribution < 1.29 is 13.2 Å². The van der Waals surface area contributed by atoms with Crippen LogP contribution in [0.3, 0.4) is 0 Å². The number of amides is 1. The molecule has 4 aliphatic rings. The number of hydrogen-bond donors (Lipinski definition) is 1. The van der Waals surface area contributed by atoms with Crippen molar-refractivity contribution in [1.82, 2.24) is 9.62 Å². The largest absolute Gasteiger partial charge is 0.349 e. The summed E-state index contributed by atoms with van der Waals surface area (Å²) in [4.78, 5) is 13.0. The molecule has 0 unspecified atom stereocenters. The minimum atomic E-state index is -3.47. The molecule has 4 fully saturated rings. The molecule has 5 nitrogen and oxygen atoms in total. The van der Waals surface area contributed by atoms with Crippen molar-refractivity contribution in [1.29, 1.82) is 0 Å². The smallest absolute Gasteiger partial charge is 0.251 e. The first kappa shape index (κ1) is 18.9. The fourth-order valence-electron chi connectivity index (χ4n) is 6.13. The molecule has 1 atom stereocenters. The predicted octanol–water partition coefficient (Wildman–Crippen LogP) is 3.27. The normalized spacial score (nSPS) is 33.3. The molecule has 0 heterocycles. The van der Waals surface area contributed by atoms with Crippen molar-refractivity contribution in [3.8, 4) is 0 Å². The van der Waals surface area contributed by atoms with Gasteiger partial charge in [0.1, 0.15) is 0 Å². The van der Waals surface area contributed by atoms with E-state index in [0.717, 1.165) is 17.8 Å². The number of rotatable bonds is 5. The fraction of sp³-hybridized carbons (Fsp3) is 0.667. The Labute approximate surface area is 162 Å². The number of benzene rings is 1. The lowest BCUT2D eigenvalue weighted by molar-refractivity contribution is -0.0688. The molecule has 0 aromatic heterocycles. The molecule has 0 aliphatic heterocycles. The Kier molecular flexibility index (Phi) is 4.62. The number of sulfonamides is 1. The molecule has 0 radical (unpaired) electrons. The topological polar surface area (TPSA) is 66.5 Å². The molecular weight excluding hydrogens is 360 g/mol. The highest BCUT2D eigenvalue weighted by Gasteiger charge is 2.53. The number of nitrogens with zero attached hydrogens (tertiary/aromatic N) is 1. The summed E-state index contributed by atoms with van der Waals surface area (Å²) in [5, 5.41) is 3.24. The Bertz CT molecular complexity index is 794. The van der Waals surface area contributed by atoms with Gasteiger partial charge in [0.25, 0.3) is 5.91 Å². The molecule has 0 saturated heterocycles. The van der Waals surface area contributed by atoms with E-state index >= 15 is 0 Å². The quantitative estimate of drug-likeness (QED) is 0.839. The number of hydrogen-bond acceptors (Lipinski definition) is 3. The minimum Gasteiger partial charge on any atom is -0.349 e. The van der Waals surface area contributed by atoms with E-state index in [0.29, 0.717) is 5.56 Å². The van der Waals surface area contributed by atoms with Gasteiger partial charge in [0.05, 0.1) is 4.90 Å². The van der Waals surface area contributed by atoms with Crippen LogP contribution in [-0.2, 0) is 10.0 Å². The van der Waals surface area contributed by atoms with Gasteiger partial charge in [-0.2, -0.15) is 0 Å². The van der Waals surface area contributed by atoms with Gasteiger partial charge in [-0.25, -0.2) is 12.7 Å². The minimum absolute atomic E-state index is 0.105. The Morgan fingerprint density at radius 2 is 1.52 bits per heavy atom. The molecule has 4 aliphatic carbocycles. The molecule has 1 aromatic carbocycles. The van der Waals surface area contributed by atoms with Gasteiger partial charge in [-0.3, -0.25) is 4.79 Å². The van der Waals surface area contributed by atoms with E-state index in [4.69, 9.17) is 0 Å². The van der Waals surface area contributed by atoms with Crippen LogP contribution >= 0.6 is 0 Å². The van der Waals surface area contributed by atoms with Crippen LogP contribution in [0.25, 0.3) is 0 Å². The first-order valence-corrected chi connectivity index (χ1v) is 11.5. The van der Waals surface area contributed by atoms with Gasteiger partial charge in [0.15, 0.2) is 0 Å². The molecule has 5 rings (SSSR count). The average Bonchev–Trinajstić information content (AvgIpc) is 2.60. The molecule has 4 bridgehead atoms. The van der Waals surface area contributed by atoms with Crippen molar-refractivity contribution in [2.75, 3.05) is 14.1 Å². The van der Waals surface area contributed by atoms with E-state index in [9.17, 15) is 13.2 Å². The van der Waals surface area contributed by atoms with E-state index < -0.39 is 10.0 Å². The number of nitrogens with one attached hydrogen (secondary N) is 1. The SMILES string of the molecule is C[C@@H](NC(=O)c1ccc(S(=O)(=O)N(C)C)cc1)C12CC3CC(CC(C3)C1)C2. The molecule has 1 aromatic rings. The van der Waals surface area contributed by atoms with Crippen molar-refractivity contribution >= 4 is 15.9 Å². The van der Waals surface area contributed by atoms with Gasteiger partial charge in [-0.05, 0) is 92.9 Å². The maximum Gasteiger partial charge on any atom is 0.251 e. The number of carbonyl (C=O) groups is 1. The molecule has 27 heavy (non-hydrogen) atoms. The third kappa shape index (κ3) is 3.31. The van der Waals surface area contributed by atoms with Crippen molar-refractivity contribution in [3.05, 3.63) is 29.8 Å². The van der Waals surface area contributed by atoms with Crippen LogP contribution in [0.5, 0.6) is 0 Å². The Morgan fingerprint density at radius 3 is 1.96 bits per heavy atom. The Morgan fingerprint density at radius 1 is 1.04 bits per heavy atom. The highest BCUT2D eigenvalue weighted by molar-refractivity contribution is 7.89. The second-order valence-electron chi connectivity index (χ2n) is 9.29. The zero-order chi connectivity index (χ0) is 19.4. The summed E-state index contributed by atoms with van der Waals surface area (Å²) in [6.45, 7) is 2.16. The summed E-state index contributed by atoms with van der Waals surface area (Å²) in [5.41, 5.74) is 0.780. The summed E-state index contributed by atoms with van der Waals surface area (Å²) in [6, 6.07) is 6.40. The van der Waals surface area contributed by atoms with E-state index in [1.54, 1.807) is 12.1 Å². The molecule has 0 spiro atoms. The summed E-state index contributed by atoms with van der Waals surface area (Å²) in [7, 11) is -0.465. The van der Waals surface area contributed by atoms with Gasteiger partial charge >= 0.3 is 0 Å². The molecule has 1 N–H and O–H groups in total. The second-order valence-corrected chi connectivity index (χ2v) is 11.4. The molecule has 4 saturated carbocycles. The lowest BCUT2D eigenvalue weighted by Gasteiger charge is -2.59. The van der Waals surface area contributed by atoms with Gasteiger partial charge in [-0.15, -0.1) is 0 Å². The zero-order valence-corrected chi connectivity index (χ0v) is 17.3. The Balaban J connectivity index is 1.46. The van der Waals surface area contributed by atoms with Crippen LogP contribution in [-0.4, -0.2) is 38.8 Å². The van der Waals surface area contributed by atoms with E-state index in [1.165, 1.54) is 69.1 Å².